The van der Waals surface area contributed by atoms with Gasteiger partial charge in [-0.1, -0.05) is 0 Å². The van der Waals surface area contributed by atoms with Crippen molar-refractivity contribution in [1.29, 1.82) is 0 Å². The molecule has 9 heteroatoms. The van der Waals surface area contributed by atoms with Crippen LogP contribution in [0.25, 0.3) is 11.5 Å². The van der Waals surface area contributed by atoms with Gasteiger partial charge in [0, 0.05) is 11.8 Å². The van der Waals surface area contributed by atoms with Crippen LogP contribution < -0.4 is 5.32 Å². The number of rotatable bonds is 3. The number of nitrogens with one attached hydrogen (secondary N) is 1. The Balaban J connectivity index is 2.29. The van der Waals surface area contributed by atoms with Crippen molar-refractivity contribution in [1.82, 2.24) is 15.2 Å². The van der Waals surface area contributed by atoms with Crippen molar-refractivity contribution in [2.45, 2.75) is 6.43 Å². The summed E-state index contributed by atoms with van der Waals surface area (Å²) in [6.07, 6.45) is -2.87. The predicted molar refractivity (Wildman–Crippen MR) is 54.1 cm³/mol. The van der Waals surface area contributed by atoms with E-state index in [0.717, 1.165) is 0 Å². The molecule has 0 aliphatic rings. The molecule has 1 amide bonds. The molecule has 2 aromatic rings. The van der Waals surface area contributed by atoms with Crippen LogP contribution in [0.3, 0.4) is 0 Å². The van der Waals surface area contributed by atoms with Crippen LogP contribution in [0.2, 0.25) is 0 Å². The molecule has 2 rings (SSSR count). The summed E-state index contributed by atoms with van der Waals surface area (Å²) in [5, 5.41) is 17.1. The van der Waals surface area contributed by atoms with Gasteiger partial charge in [-0.3, -0.25) is 5.32 Å². The van der Waals surface area contributed by atoms with Crippen LogP contribution in [0.1, 0.15) is 12.3 Å². The molecule has 0 aliphatic heterocycles. The molecule has 2 N–H and O–H groups in total. The first-order valence-electron chi connectivity index (χ1n) is 4.64. The number of pyridine rings is 1. The third-order valence-corrected chi connectivity index (χ3v) is 1.87. The average Bonchev–Trinajstić information content (AvgIpc) is 2.77. The van der Waals surface area contributed by atoms with E-state index in [-0.39, 0.29) is 17.3 Å². The molecular weight excluding hydrogens is 250 g/mol. The number of hydrogen-bond donors (Lipinski definition) is 2. The lowest BCUT2D eigenvalue weighted by molar-refractivity contribution is 0.116. The molecule has 18 heavy (non-hydrogen) atoms. The topological polar surface area (TPSA) is 101 Å². The Morgan fingerprint density at radius 2 is 2.22 bits per heavy atom. The second-order valence-corrected chi connectivity index (χ2v) is 3.11. The highest BCUT2D eigenvalue weighted by molar-refractivity contribution is 5.82. The Kier molecular flexibility index (Phi) is 3.13. The number of amides is 1. The van der Waals surface area contributed by atoms with Crippen LogP contribution in [0.15, 0.2) is 22.7 Å². The number of nitrogens with zero attached hydrogens (tertiary/aromatic N) is 3. The van der Waals surface area contributed by atoms with Crippen LogP contribution in [-0.4, -0.2) is 26.4 Å². The zero-order valence-corrected chi connectivity index (χ0v) is 8.67. The summed E-state index contributed by atoms with van der Waals surface area (Å²) in [6.45, 7) is 0. The third kappa shape index (κ3) is 2.56. The molecule has 0 radical (unpaired) electrons. The first-order chi connectivity index (χ1) is 8.56. The van der Waals surface area contributed by atoms with E-state index in [1.165, 1.54) is 18.3 Å². The zero-order chi connectivity index (χ0) is 13.1. The fourth-order valence-electron chi connectivity index (χ4n) is 1.18. The van der Waals surface area contributed by atoms with Crippen molar-refractivity contribution < 1.29 is 23.1 Å². The Labute approximate surface area is 98.5 Å². The van der Waals surface area contributed by atoms with Crippen molar-refractivity contribution in [3.05, 3.63) is 24.2 Å². The summed E-state index contributed by atoms with van der Waals surface area (Å²) in [4.78, 5) is 14.1. The van der Waals surface area contributed by atoms with Gasteiger partial charge in [0.15, 0.2) is 0 Å². The second-order valence-electron chi connectivity index (χ2n) is 3.11. The van der Waals surface area contributed by atoms with E-state index >= 15 is 0 Å². The van der Waals surface area contributed by atoms with Gasteiger partial charge >= 0.3 is 12.5 Å². The molecule has 0 saturated carbocycles. The molecule has 0 aliphatic carbocycles. The molecule has 0 aromatic carbocycles. The Morgan fingerprint density at radius 3 is 2.83 bits per heavy atom. The highest BCUT2D eigenvalue weighted by atomic mass is 19.3. The lowest BCUT2D eigenvalue weighted by Gasteiger charge is -2.00. The van der Waals surface area contributed by atoms with Crippen LogP contribution >= 0.6 is 0 Å². The maximum Gasteiger partial charge on any atom is 0.410 e. The molecule has 0 atom stereocenters. The van der Waals surface area contributed by atoms with Gasteiger partial charge in [-0.2, -0.15) is 8.78 Å². The first-order valence-corrected chi connectivity index (χ1v) is 4.64. The third-order valence-electron chi connectivity index (χ3n) is 1.87. The Bertz CT molecular complexity index is 572. The quantitative estimate of drug-likeness (QED) is 0.872. The van der Waals surface area contributed by atoms with Crippen LogP contribution in [0, 0.1) is 0 Å². The standard InChI is InChI=1S/C9H6F2N4O3/c10-6(11)8-15-14-7(18-8)4-1-2-12-5(3-4)13-9(16)17/h1-3,6H,(H,12,13)(H,16,17). The normalized spacial score (nSPS) is 10.6. The van der Waals surface area contributed by atoms with Gasteiger partial charge in [-0.25, -0.2) is 9.78 Å². The molecule has 2 aromatic heterocycles. The highest BCUT2D eigenvalue weighted by Gasteiger charge is 2.17. The number of anilines is 1. The summed E-state index contributed by atoms with van der Waals surface area (Å²) >= 11 is 0. The fourth-order valence-corrected chi connectivity index (χ4v) is 1.18. The number of alkyl halides is 2. The number of halogens is 2. The van der Waals surface area contributed by atoms with E-state index in [0.29, 0.717) is 0 Å². The van der Waals surface area contributed by atoms with Crippen LogP contribution in [0.4, 0.5) is 19.4 Å². The van der Waals surface area contributed by atoms with Gasteiger partial charge in [-0.15, -0.1) is 10.2 Å². The molecule has 0 fully saturated rings. The molecule has 0 unspecified atom stereocenters. The average molecular weight is 256 g/mol. The number of carbonyl (C=O) groups is 1. The van der Waals surface area contributed by atoms with E-state index in [1.807, 2.05) is 5.32 Å². The first kappa shape index (κ1) is 11.9. The number of carboxylic acid groups (broad SMARTS) is 1. The van der Waals surface area contributed by atoms with Gasteiger partial charge in [0.05, 0.1) is 0 Å². The smallest absolute Gasteiger partial charge is 0.410 e. The van der Waals surface area contributed by atoms with Gasteiger partial charge < -0.3 is 9.52 Å². The summed E-state index contributed by atoms with van der Waals surface area (Å²) in [5.74, 6) is -0.910. The van der Waals surface area contributed by atoms with E-state index in [9.17, 15) is 13.6 Å². The van der Waals surface area contributed by atoms with Crippen molar-refractivity contribution in [3.63, 3.8) is 0 Å². The minimum absolute atomic E-state index is 0.0248. The molecular formula is C9H6F2N4O3. The number of hydrogen-bond acceptors (Lipinski definition) is 5. The summed E-state index contributed by atoms with van der Waals surface area (Å²) in [6, 6.07) is 2.71. The van der Waals surface area contributed by atoms with E-state index in [1.54, 1.807) is 0 Å². The lowest BCUT2D eigenvalue weighted by atomic mass is 10.2. The fraction of sp³-hybridized carbons (Fsp3) is 0.111. The summed E-state index contributed by atoms with van der Waals surface area (Å²) in [7, 11) is 0. The monoisotopic (exact) mass is 256 g/mol. The maximum atomic E-state index is 12.2. The summed E-state index contributed by atoms with van der Waals surface area (Å²) < 4.78 is 29.2. The lowest BCUT2D eigenvalue weighted by Crippen LogP contribution is -2.08. The molecule has 94 valence electrons. The molecule has 7 nitrogen and oxygen atoms in total. The largest absolute Gasteiger partial charge is 0.465 e. The summed E-state index contributed by atoms with van der Waals surface area (Å²) in [5.41, 5.74) is 0.285. The SMILES string of the molecule is O=C(O)Nc1cc(-c2nnc(C(F)F)o2)ccn1. The van der Waals surface area contributed by atoms with Crippen molar-refractivity contribution in [2.24, 2.45) is 0 Å². The molecule has 0 spiro atoms. The second kappa shape index (κ2) is 4.73. The van der Waals surface area contributed by atoms with E-state index < -0.39 is 18.4 Å². The Morgan fingerprint density at radius 1 is 1.44 bits per heavy atom. The molecule has 2 heterocycles. The van der Waals surface area contributed by atoms with Gasteiger partial charge in [0.2, 0.25) is 5.89 Å². The van der Waals surface area contributed by atoms with Crippen LogP contribution in [-0.2, 0) is 0 Å². The van der Waals surface area contributed by atoms with Gasteiger partial charge in [-0.05, 0) is 12.1 Å². The van der Waals surface area contributed by atoms with Crippen LogP contribution in [0.5, 0.6) is 0 Å². The predicted octanol–water partition coefficient (Wildman–Crippen LogP) is 2.16. The van der Waals surface area contributed by atoms with E-state index in [2.05, 4.69) is 15.2 Å². The molecule has 0 saturated heterocycles. The van der Waals surface area contributed by atoms with E-state index in [4.69, 9.17) is 9.52 Å². The minimum Gasteiger partial charge on any atom is -0.465 e. The number of aromatic nitrogens is 3. The molecule has 0 bridgehead atoms. The van der Waals surface area contributed by atoms with Gasteiger partial charge in [0.1, 0.15) is 5.82 Å². The zero-order valence-electron chi connectivity index (χ0n) is 8.67. The van der Waals surface area contributed by atoms with Crippen molar-refractivity contribution in [3.8, 4) is 11.5 Å². The minimum atomic E-state index is -2.86. The van der Waals surface area contributed by atoms with Gasteiger partial charge in [0.25, 0.3) is 5.89 Å². The van der Waals surface area contributed by atoms with Crippen molar-refractivity contribution in [2.75, 3.05) is 5.32 Å². The maximum absolute atomic E-state index is 12.2. The highest BCUT2D eigenvalue weighted by Crippen LogP contribution is 2.24. The van der Waals surface area contributed by atoms with Crippen molar-refractivity contribution >= 4 is 11.9 Å². The Hall–Kier alpha value is -2.58.